The van der Waals surface area contributed by atoms with E-state index in [4.69, 9.17) is 9.47 Å². The first-order valence-electron chi connectivity index (χ1n) is 9.85. The van der Waals surface area contributed by atoms with E-state index in [9.17, 15) is 4.79 Å². The van der Waals surface area contributed by atoms with E-state index in [1.165, 1.54) is 31.2 Å². The van der Waals surface area contributed by atoms with Gasteiger partial charge < -0.3 is 14.4 Å². The molecule has 3 fully saturated rings. The number of likely N-dealkylation sites (tertiary alicyclic amines) is 2. The van der Waals surface area contributed by atoms with E-state index in [0.717, 1.165) is 50.5 Å². The molecule has 1 saturated carbocycles. The summed E-state index contributed by atoms with van der Waals surface area (Å²) >= 11 is 0. The maximum atomic E-state index is 12.3. The Bertz CT molecular complexity index is 651. The molecule has 5 nitrogen and oxygen atoms in total. The van der Waals surface area contributed by atoms with Crippen molar-refractivity contribution in [1.29, 1.82) is 0 Å². The maximum absolute atomic E-state index is 12.3. The second-order valence-electron chi connectivity index (χ2n) is 8.29. The summed E-state index contributed by atoms with van der Waals surface area (Å²) < 4.78 is 10.8. The highest BCUT2D eigenvalue weighted by Crippen LogP contribution is 2.42. The Morgan fingerprint density at radius 2 is 1.81 bits per heavy atom. The lowest BCUT2D eigenvalue weighted by atomic mass is 9.73. The van der Waals surface area contributed by atoms with Gasteiger partial charge in [-0.3, -0.25) is 9.69 Å². The Morgan fingerprint density at radius 3 is 2.46 bits per heavy atom. The number of methoxy groups -OCH3 is 2. The zero-order valence-electron chi connectivity index (χ0n) is 16.0. The summed E-state index contributed by atoms with van der Waals surface area (Å²) in [6, 6.07) is 6.66. The van der Waals surface area contributed by atoms with Gasteiger partial charge in [0.1, 0.15) is 11.5 Å². The fraction of sp³-hybridized carbons (Fsp3) is 0.667. The van der Waals surface area contributed by atoms with Crippen molar-refractivity contribution in [1.82, 2.24) is 9.80 Å². The first-order chi connectivity index (χ1) is 12.6. The minimum absolute atomic E-state index is 0.289. The number of hydrogen-bond donors (Lipinski definition) is 0. The number of nitrogens with zero attached hydrogens (tertiary/aromatic N) is 2. The summed E-state index contributed by atoms with van der Waals surface area (Å²) in [5, 5.41) is 0. The Hall–Kier alpha value is -1.75. The van der Waals surface area contributed by atoms with Crippen LogP contribution in [0, 0.1) is 5.41 Å². The number of carbonyl (C=O) groups excluding carboxylic acids is 1. The van der Waals surface area contributed by atoms with Crippen molar-refractivity contribution >= 4 is 5.91 Å². The van der Waals surface area contributed by atoms with Gasteiger partial charge in [-0.2, -0.15) is 0 Å². The number of amides is 1. The van der Waals surface area contributed by atoms with Crippen LogP contribution < -0.4 is 9.47 Å². The standard InChI is InChI=1S/C21H30N2O3/c1-25-18-10-16(11-19(12-18)26-2)13-22-9-3-7-21(14-22)8-6-20(24)23(15-21)17-4-5-17/h10-12,17H,3-9,13-15H2,1-2H3. The molecule has 4 rings (SSSR count). The number of piperidine rings is 2. The molecule has 2 aliphatic heterocycles. The number of ether oxygens (including phenoxy) is 2. The zero-order valence-corrected chi connectivity index (χ0v) is 16.0. The zero-order chi connectivity index (χ0) is 18.1. The van der Waals surface area contributed by atoms with Crippen LogP contribution in [0.2, 0.25) is 0 Å². The maximum Gasteiger partial charge on any atom is 0.222 e. The molecule has 142 valence electrons. The van der Waals surface area contributed by atoms with E-state index >= 15 is 0 Å². The summed E-state index contributed by atoms with van der Waals surface area (Å²) in [5.74, 6) is 2.07. The molecule has 1 unspecified atom stereocenters. The topological polar surface area (TPSA) is 42.0 Å². The third-order valence-corrected chi connectivity index (χ3v) is 6.24. The van der Waals surface area contributed by atoms with Gasteiger partial charge >= 0.3 is 0 Å². The van der Waals surface area contributed by atoms with Crippen molar-refractivity contribution in [2.24, 2.45) is 5.41 Å². The molecule has 2 heterocycles. The molecule has 1 spiro atoms. The summed E-state index contributed by atoms with van der Waals surface area (Å²) in [6.45, 7) is 4.09. The summed E-state index contributed by atoms with van der Waals surface area (Å²) in [5.41, 5.74) is 1.52. The molecule has 1 aromatic carbocycles. The number of hydrogen-bond acceptors (Lipinski definition) is 4. The molecule has 0 radical (unpaired) electrons. The molecular weight excluding hydrogens is 328 g/mol. The van der Waals surface area contributed by atoms with Crippen LogP contribution in [0.15, 0.2) is 18.2 Å². The van der Waals surface area contributed by atoms with Gasteiger partial charge in [-0.1, -0.05) is 0 Å². The SMILES string of the molecule is COc1cc(CN2CCCC3(CCC(=O)N(C4CC4)C3)C2)cc(OC)c1. The molecule has 1 amide bonds. The molecule has 1 atom stereocenters. The monoisotopic (exact) mass is 358 g/mol. The van der Waals surface area contributed by atoms with Crippen molar-refractivity contribution in [3.8, 4) is 11.5 Å². The minimum atomic E-state index is 0.289. The van der Waals surface area contributed by atoms with Crippen LogP contribution >= 0.6 is 0 Å². The molecule has 2 saturated heterocycles. The second kappa shape index (κ2) is 7.10. The Kier molecular flexibility index (Phi) is 4.82. The lowest BCUT2D eigenvalue weighted by Gasteiger charge is -2.48. The summed E-state index contributed by atoms with van der Waals surface area (Å²) in [6.07, 6.45) is 6.66. The first-order valence-corrected chi connectivity index (χ1v) is 9.85. The molecule has 0 bridgehead atoms. The van der Waals surface area contributed by atoms with E-state index in [-0.39, 0.29) is 5.41 Å². The normalized spacial score (nSPS) is 27.0. The lowest BCUT2D eigenvalue weighted by Crippen LogP contribution is -2.54. The quantitative estimate of drug-likeness (QED) is 0.811. The summed E-state index contributed by atoms with van der Waals surface area (Å²) in [4.78, 5) is 17.1. The smallest absolute Gasteiger partial charge is 0.222 e. The molecule has 0 N–H and O–H groups in total. The molecular formula is C21H30N2O3. The van der Waals surface area contributed by atoms with Crippen molar-refractivity contribution in [2.45, 2.75) is 51.1 Å². The van der Waals surface area contributed by atoms with E-state index in [2.05, 4.69) is 21.9 Å². The van der Waals surface area contributed by atoms with Crippen molar-refractivity contribution in [3.63, 3.8) is 0 Å². The minimum Gasteiger partial charge on any atom is -0.497 e. The van der Waals surface area contributed by atoms with E-state index in [1.54, 1.807) is 14.2 Å². The van der Waals surface area contributed by atoms with E-state index < -0.39 is 0 Å². The predicted octanol–water partition coefficient (Wildman–Crippen LogP) is 3.07. The van der Waals surface area contributed by atoms with Crippen molar-refractivity contribution in [3.05, 3.63) is 23.8 Å². The molecule has 0 aromatic heterocycles. The van der Waals surface area contributed by atoms with E-state index in [0.29, 0.717) is 11.9 Å². The highest BCUT2D eigenvalue weighted by Gasteiger charge is 2.45. The average Bonchev–Trinajstić information content (AvgIpc) is 3.49. The highest BCUT2D eigenvalue weighted by molar-refractivity contribution is 5.78. The van der Waals surface area contributed by atoms with Gasteiger partial charge in [-0.25, -0.2) is 0 Å². The van der Waals surface area contributed by atoms with Gasteiger partial charge in [0.2, 0.25) is 5.91 Å². The molecule has 1 aromatic rings. The van der Waals surface area contributed by atoms with Crippen LogP contribution in [0.3, 0.4) is 0 Å². The third-order valence-electron chi connectivity index (χ3n) is 6.24. The largest absolute Gasteiger partial charge is 0.497 e. The Balaban J connectivity index is 1.46. The number of rotatable bonds is 5. The third kappa shape index (κ3) is 3.68. The lowest BCUT2D eigenvalue weighted by molar-refractivity contribution is -0.140. The van der Waals surface area contributed by atoms with Gasteiger partial charge in [-0.05, 0) is 56.3 Å². The van der Waals surface area contributed by atoms with Crippen LogP contribution in [0.1, 0.15) is 44.1 Å². The van der Waals surface area contributed by atoms with Crippen LogP contribution in [-0.2, 0) is 11.3 Å². The van der Waals surface area contributed by atoms with Gasteiger partial charge in [0.15, 0.2) is 0 Å². The fourth-order valence-electron chi connectivity index (χ4n) is 4.76. The molecule has 3 aliphatic rings. The Morgan fingerprint density at radius 1 is 1.08 bits per heavy atom. The average molecular weight is 358 g/mol. The Labute approximate surface area is 156 Å². The van der Waals surface area contributed by atoms with Crippen LogP contribution in [0.4, 0.5) is 0 Å². The van der Waals surface area contributed by atoms with Gasteiger partial charge in [0.25, 0.3) is 0 Å². The number of benzene rings is 1. The van der Waals surface area contributed by atoms with Crippen molar-refractivity contribution in [2.75, 3.05) is 33.9 Å². The van der Waals surface area contributed by atoms with Gasteiger partial charge in [0, 0.05) is 43.6 Å². The number of carbonyl (C=O) groups is 1. The van der Waals surface area contributed by atoms with Gasteiger partial charge in [0.05, 0.1) is 14.2 Å². The predicted molar refractivity (Wildman–Crippen MR) is 100 cm³/mol. The first kappa shape index (κ1) is 17.7. The van der Waals surface area contributed by atoms with Crippen LogP contribution in [-0.4, -0.2) is 55.6 Å². The van der Waals surface area contributed by atoms with Crippen LogP contribution in [0.5, 0.6) is 11.5 Å². The van der Waals surface area contributed by atoms with Gasteiger partial charge in [-0.15, -0.1) is 0 Å². The van der Waals surface area contributed by atoms with Crippen molar-refractivity contribution < 1.29 is 14.3 Å². The van der Waals surface area contributed by atoms with E-state index in [1.807, 2.05) is 6.07 Å². The molecule has 1 aliphatic carbocycles. The second-order valence-corrected chi connectivity index (χ2v) is 8.29. The fourth-order valence-corrected chi connectivity index (χ4v) is 4.76. The molecule has 5 heteroatoms. The summed E-state index contributed by atoms with van der Waals surface area (Å²) in [7, 11) is 3.39. The van der Waals surface area contributed by atoms with Crippen LogP contribution in [0.25, 0.3) is 0 Å². The molecule has 26 heavy (non-hydrogen) atoms. The highest BCUT2D eigenvalue weighted by atomic mass is 16.5.